The summed E-state index contributed by atoms with van der Waals surface area (Å²) in [7, 11) is 0. The molecule has 18 heavy (non-hydrogen) atoms. The predicted molar refractivity (Wildman–Crippen MR) is 68.6 cm³/mol. The number of allylic oxidation sites excluding steroid dienone is 1. The van der Waals surface area contributed by atoms with E-state index in [0.29, 0.717) is 18.5 Å². The van der Waals surface area contributed by atoms with Crippen molar-refractivity contribution in [1.82, 2.24) is 5.32 Å². The number of aliphatic hydroxyl groups is 1. The molecule has 98 valence electrons. The monoisotopic (exact) mass is 251 g/mol. The maximum Gasteiger partial charge on any atom is 0.279 e. The van der Waals surface area contributed by atoms with Crippen molar-refractivity contribution in [3.63, 3.8) is 0 Å². The van der Waals surface area contributed by atoms with Crippen LogP contribution < -0.4 is 5.32 Å². The van der Waals surface area contributed by atoms with Gasteiger partial charge < -0.3 is 10.4 Å². The van der Waals surface area contributed by atoms with Gasteiger partial charge in [0.1, 0.15) is 0 Å². The van der Waals surface area contributed by atoms with Crippen LogP contribution in [0.15, 0.2) is 35.7 Å². The van der Waals surface area contributed by atoms with E-state index in [1.54, 1.807) is 13.8 Å². The second kappa shape index (κ2) is 6.91. The first kappa shape index (κ1) is 14.4. The molecular weight excluding hydrogens is 233 g/mol. The van der Waals surface area contributed by atoms with Crippen LogP contribution in [0.25, 0.3) is 0 Å². The van der Waals surface area contributed by atoms with E-state index in [-0.39, 0.29) is 6.61 Å². The minimum atomic E-state index is -0.717. The number of aliphatic hydroxyl groups excluding tert-OH is 1. The number of carbonyl (C=O) groups is 1. The van der Waals surface area contributed by atoms with E-state index in [0.717, 1.165) is 11.1 Å². The van der Waals surface area contributed by atoms with E-state index in [9.17, 15) is 9.18 Å². The standard InChI is InChI=1S/C14H18FNO2/c1-10(2)13(15)14(18)16-8-7-11-3-5-12(9-17)6-4-11/h3-6,17H,7-9H2,1-2H3,(H,16,18). The van der Waals surface area contributed by atoms with Crippen molar-refractivity contribution < 1.29 is 14.3 Å². The van der Waals surface area contributed by atoms with E-state index < -0.39 is 11.7 Å². The van der Waals surface area contributed by atoms with Gasteiger partial charge in [0.25, 0.3) is 5.91 Å². The summed E-state index contributed by atoms with van der Waals surface area (Å²) in [4.78, 5) is 11.3. The fraction of sp³-hybridized carbons (Fsp3) is 0.357. The Morgan fingerprint density at radius 3 is 2.28 bits per heavy atom. The fourth-order valence-corrected chi connectivity index (χ4v) is 1.44. The van der Waals surface area contributed by atoms with Crippen molar-refractivity contribution in [2.24, 2.45) is 0 Å². The number of rotatable bonds is 5. The molecular formula is C14H18FNO2. The third-order valence-electron chi connectivity index (χ3n) is 2.54. The van der Waals surface area contributed by atoms with Crippen molar-refractivity contribution in [2.75, 3.05) is 6.54 Å². The van der Waals surface area contributed by atoms with Gasteiger partial charge in [-0.25, -0.2) is 4.39 Å². The van der Waals surface area contributed by atoms with Crippen LogP contribution in [-0.4, -0.2) is 17.6 Å². The zero-order valence-electron chi connectivity index (χ0n) is 10.7. The number of benzene rings is 1. The van der Waals surface area contributed by atoms with Crippen LogP contribution in [-0.2, 0) is 17.8 Å². The minimum absolute atomic E-state index is 0.0167. The Morgan fingerprint density at radius 1 is 1.22 bits per heavy atom. The Kier molecular flexibility index (Phi) is 5.52. The first-order valence-electron chi connectivity index (χ1n) is 5.84. The summed E-state index contributed by atoms with van der Waals surface area (Å²) < 4.78 is 13.2. The highest BCUT2D eigenvalue weighted by Crippen LogP contribution is 2.06. The second-order valence-corrected chi connectivity index (χ2v) is 4.29. The number of hydrogen-bond acceptors (Lipinski definition) is 2. The van der Waals surface area contributed by atoms with Gasteiger partial charge >= 0.3 is 0 Å². The molecule has 4 heteroatoms. The topological polar surface area (TPSA) is 49.3 Å². The smallest absolute Gasteiger partial charge is 0.279 e. The molecule has 0 spiro atoms. The summed E-state index contributed by atoms with van der Waals surface area (Å²) in [6.45, 7) is 3.52. The van der Waals surface area contributed by atoms with Crippen LogP contribution in [0, 0.1) is 0 Å². The molecule has 0 aliphatic heterocycles. The molecule has 0 aromatic heterocycles. The Morgan fingerprint density at radius 2 is 1.78 bits per heavy atom. The third kappa shape index (κ3) is 4.30. The SMILES string of the molecule is CC(C)=C(F)C(=O)NCCc1ccc(CO)cc1. The van der Waals surface area contributed by atoms with Crippen LogP contribution >= 0.6 is 0 Å². The van der Waals surface area contributed by atoms with Crippen molar-refractivity contribution in [3.8, 4) is 0 Å². The lowest BCUT2D eigenvalue weighted by Gasteiger charge is -2.05. The molecule has 0 atom stereocenters. The number of carbonyl (C=O) groups excluding carboxylic acids is 1. The van der Waals surface area contributed by atoms with Gasteiger partial charge in [0.05, 0.1) is 6.61 Å². The van der Waals surface area contributed by atoms with E-state index in [2.05, 4.69) is 5.32 Å². The van der Waals surface area contributed by atoms with Gasteiger partial charge in [-0.15, -0.1) is 0 Å². The molecule has 0 aliphatic carbocycles. The first-order valence-corrected chi connectivity index (χ1v) is 5.84. The molecule has 0 saturated carbocycles. The molecule has 0 fully saturated rings. The quantitative estimate of drug-likeness (QED) is 0.787. The summed E-state index contributed by atoms with van der Waals surface area (Å²) in [5.41, 5.74) is 2.25. The largest absolute Gasteiger partial charge is 0.392 e. The second-order valence-electron chi connectivity index (χ2n) is 4.29. The molecule has 1 aromatic carbocycles. The lowest BCUT2D eigenvalue weighted by Crippen LogP contribution is -2.26. The molecule has 0 aliphatic rings. The molecule has 1 aromatic rings. The number of nitrogens with one attached hydrogen (secondary N) is 1. The molecule has 2 N–H and O–H groups in total. The highest BCUT2D eigenvalue weighted by Gasteiger charge is 2.08. The van der Waals surface area contributed by atoms with Gasteiger partial charge in [0.15, 0.2) is 5.83 Å². The van der Waals surface area contributed by atoms with Crippen LogP contribution in [0.4, 0.5) is 4.39 Å². The molecule has 0 radical (unpaired) electrons. The van der Waals surface area contributed by atoms with Crippen LogP contribution in [0.2, 0.25) is 0 Å². The average molecular weight is 251 g/mol. The molecule has 1 amide bonds. The van der Waals surface area contributed by atoms with E-state index in [4.69, 9.17) is 5.11 Å². The Balaban J connectivity index is 2.42. The molecule has 3 nitrogen and oxygen atoms in total. The Labute approximate surface area is 106 Å². The lowest BCUT2D eigenvalue weighted by atomic mass is 10.1. The molecule has 0 bridgehead atoms. The van der Waals surface area contributed by atoms with Crippen molar-refractivity contribution in [3.05, 3.63) is 46.8 Å². The summed E-state index contributed by atoms with van der Waals surface area (Å²) in [5, 5.41) is 11.4. The lowest BCUT2D eigenvalue weighted by molar-refractivity contribution is -0.118. The van der Waals surface area contributed by atoms with Crippen molar-refractivity contribution in [2.45, 2.75) is 26.9 Å². The summed E-state index contributed by atoms with van der Waals surface area (Å²) in [5.74, 6) is -1.38. The van der Waals surface area contributed by atoms with Gasteiger partial charge in [0, 0.05) is 6.54 Å². The molecule has 0 heterocycles. The molecule has 0 unspecified atom stereocenters. The normalized spacial score (nSPS) is 10.0. The van der Waals surface area contributed by atoms with Gasteiger partial charge in [-0.1, -0.05) is 24.3 Å². The van der Waals surface area contributed by atoms with Crippen molar-refractivity contribution in [1.29, 1.82) is 0 Å². The molecule has 1 rings (SSSR count). The fourth-order valence-electron chi connectivity index (χ4n) is 1.44. The summed E-state index contributed by atoms with van der Waals surface area (Å²) in [6.07, 6.45) is 0.632. The molecule has 0 saturated heterocycles. The number of halogens is 1. The Bertz CT molecular complexity index is 434. The van der Waals surface area contributed by atoms with Gasteiger partial charge in [-0.2, -0.15) is 0 Å². The predicted octanol–water partition coefficient (Wildman–Crippen LogP) is 2.10. The van der Waals surface area contributed by atoms with Crippen LogP contribution in [0.5, 0.6) is 0 Å². The number of hydrogen-bond donors (Lipinski definition) is 2. The van der Waals surface area contributed by atoms with E-state index in [1.165, 1.54) is 0 Å². The highest BCUT2D eigenvalue weighted by molar-refractivity contribution is 5.91. The van der Waals surface area contributed by atoms with E-state index in [1.807, 2.05) is 24.3 Å². The van der Waals surface area contributed by atoms with Crippen LogP contribution in [0.3, 0.4) is 0 Å². The van der Waals surface area contributed by atoms with Crippen LogP contribution in [0.1, 0.15) is 25.0 Å². The van der Waals surface area contributed by atoms with E-state index >= 15 is 0 Å². The first-order chi connectivity index (χ1) is 8.54. The Hall–Kier alpha value is -1.68. The minimum Gasteiger partial charge on any atom is -0.392 e. The van der Waals surface area contributed by atoms with Gasteiger partial charge in [0.2, 0.25) is 0 Å². The van der Waals surface area contributed by atoms with Gasteiger partial charge in [-0.3, -0.25) is 4.79 Å². The summed E-state index contributed by atoms with van der Waals surface area (Å²) >= 11 is 0. The zero-order chi connectivity index (χ0) is 13.5. The maximum atomic E-state index is 13.2. The maximum absolute atomic E-state index is 13.2. The third-order valence-corrected chi connectivity index (χ3v) is 2.54. The zero-order valence-corrected chi connectivity index (χ0v) is 10.7. The average Bonchev–Trinajstić information content (AvgIpc) is 2.38. The van der Waals surface area contributed by atoms with Crippen molar-refractivity contribution >= 4 is 5.91 Å². The van der Waals surface area contributed by atoms with Gasteiger partial charge in [-0.05, 0) is 37.0 Å². The summed E-state index contributed by atoms with van der Waals surface area (Å²) in [6, 6.07) is 7.42. The highest BCUT2D eigenvalue weighted by atomic mass is 19.1. The number of amides is 1.